The summed E-state index contributed by atoms with van der Waals surface area (Å²) in [6.45, 7) is 4.77. The van der Waals surface area contributed by atoms with Crippen molar-refractivity contribution >= 4 is 35.1 Å². The van der Waals surface area contributed by atoms with E-state index in [9.17, 15) is 4.79 Å². The molecule has 0 aliphatic carbocycles. The van der Waals surface area contributed by atoms with Gasteiger partial charge in [-0.2, -0.15) is 0 Å². The Morgan fingerprint density at radius 3 is 2.78 bits per heavy atom. The highest BCUT2D eigenvalue weighted by molar-refractivity contribution is 7.98. The van der Waals surface area contributed by atoms with Gasteiger partial charge in [-0.15, -0.1) is 0 Å². The maximum atomic E-state index is 12.6. The topological polar surface area (TPSA) is 49.3 Å². The zero-order chi connectivity index (χ0) is 19.2. The number of benzene rings is 1. The number of thioether (sulfide) groups is 1. The van der Waals surface area contributed by atoms with Crippen LogP contribution in [0.4, 0.5) is 5.82 Å². The highest BCUT2D eigenvalue weighted by Crippen LogP contribution is 2.25. The number of carbonyl (C=O) groups is 1. The van der Waals surface area contributed by atoms with Crippen molar-refractivity contribution in [1.29, 1.82) is 0 Å². The van der Waals surface area contributed by atoms with Crippen LogP contribution >= 0.6 is 23.4 Å². The molecule has 5 nitrogen and oxygen atoms in total. The molecule has 1 aliphatic rings. The largest absolute Gasteiger partial charge is 0.360 e. The van der Waals surface area contributed by atoms with Gasteiger partial charge in [-0.05, 0) is 37.0 Å². The summed E-state index contributed by atoms with van der Waals surface area (Å²) in [6.07, 6.45) is 3.24. The highest BCUT2D eigenvalue weighted by atomic mass is 35.5. The first-order valence-corrected chi connectivity index (χ1v) is 10.7. The molecule has 0 unspecified atom stereocenters. The molecule has 1 amide bonds. The van der Waals surface area contributed by atoms with Gasteiger partial charge in [0.25, 0.3) is 5.91 Å². The Labute approximate surface area is 170 Å². The fraction of sp³-hybridized carbons (Fsp3) is 0.450. The fourth-order valence-corrected chi connectivity index (χ4v) is 4.16. The number of hydrogen-bond acceptors (Lipinski definition) is 5. The summed E-state index contributed by atoms with van der Waals surface area (Å²) in [5.74, 6) is 1.65. The van der Waals surface area contributed by atoms with E-state index in [-0.39, 0.29) is 5.91 Å². The van der Waals surface area contributed by atoms with Crippen LogP contribution in [-0.4, -0.2) is 47.5 Å². The van der Waals surface area contributed by atoms with Crippen LogP contribution in [0.25, 0.3) is 0 Å². The molecule has 1 aromatic heterocycles. The number of hydrogen-bond donors (Lipinski definition) is 0. The van der Waals surface area contributed by atoms with Gasteiger partial charge in [-0.25, -0.2) is 9.97 Å². The van der Waals surface area contributed by atoms with Crippen LogP contribution in [-0.2, 0) is 5.75 Å². The van der Waals surface area contributed by atoms with Crippen LogP contribution in [0.1, 0.15) is 42.1 Å². The van der Waals surface area contributed by atoms with E-state index >= 15 is 0 Å². The zero-order valence-corrected chi connectivity index (χ0v) is 17.4. The molecule has 1 saturated heterocycles. The molecule has 0 radical (unpaired) electrons. The molecule has 7 heteroatoms. The van der Waals surface area contributed by atoms with Crippen LogP contribution in [0.15, 0.2) is 35.5 Å². The summed E-state index contributed by atoms with van der Waals surface area (Å²) >= 11 is 7.71. The third-order valence-electron chi connectivity index (χ3n) is 4.55. The van der Waals surface area contributed by atoms with Crippen molar-refractivity contribution in [2.45, 2.75) is 37.1 Å². The predicted molar refractivity (Wildman–Crippen MR) is 112 cm³/mol. The molecule has 0 atom stereocenters. The quantitative estimate of drug-likeness (QED) is 0.386. The first-order valence-electron chi connectivity index (χ1n) is 9.33. The second-order valence-electron chi connectivity index (χ2n) is 6.74. The first-order chi connectivity index (χ1) is 13.1. The van der Waals surface area contributed by atoms with Gasteiger partial charge in [0.15, 0.2) is 5.16 Å². The Bertz CT molecular complexity index is 795. The molecule has 3 rings (SSSR count). The van der Waals surface area contributed by atoms with Crippen molar-refractivity contribution in [2.24, 2.45) is 0 Å². The van der Waals surface area contributed by atoms with Gasteiger partial charge in [0.05, 0.1) is 0 Å². The molecule has 1 aromatic carbocycles. The number of rotatable bonds is 7. The van der Waals surface area contributed by atoms with Crippen molar-refractivity contribution in [2.75, 3.05) is 31.6 Å². The van der Waals surface area contributed by atoms with Crippen LogP contribution < -0.4 is 4.90 Å². The van der Waals surface area contributed by atoms with Crippen LogP contribution in [0.3, 0.4) is 0 Å². The Balaban J connectivity index is 1.68. The summed E-state index contributed by atoms with van der Waals surface area (Å²) < 4.78 is 0. The molecule has 2 aromatic rings. The molecule has 0 bridgehead atoms. The minimum Gasteiger partial charge on any atom is -0.360 e. The van der Waals surface area contributed by atoms with E-state index in [1.807, 2.05) is 36.2 Å². The number of halogens is 1. The normalized spacial score (nSPS) is 13.8. The average Bonchev–Trinajstić information content (AvgIpc) is 3.20. The molecule has 0 N–H and O–H groups in total. The highest BCUT2D eigenvalue weighted by Gasteiger charge is 2.19. The van der Waals surface area contributed by atoms with Crippen molar-refractivity contribution in [1.82, 2.24) is 14.9 Å². The lowest BCUT2D eigenvalue weighted by Crippen LogP contribution is -2.27. The van der Waals surface area contributed by atoms with Crippen LogP contribution in [0, 0.1) is 0 Å². The lowest BCUT2D eigenvalue weighted by Gasteiger charge is -2.17. The molecule has 0 saturated carbocycles. The minimum absolute atomic E-state index is 0.127. The number of likely N-dealkylation sites (tertiary alicyclic amines) is 1. The predicted octanol–water partition coefficient (Wildman–Crippen LogP) is 4.50. The third kappa shape index (κ3) is 5.36. The van der Waals surface area contributed by atoms with Gasteiger partial charge < -0.3 is 9.80 Å². The van der Waals surface area contributed by atoms with E-state index in [4.69, 9.17) is 11.6 Å². The lowest BCUT2D eigenvalue weighted by atomic mass is 10.1. The number of anilines is 1. The van der Waals surface area contributed by atoms with E-state index in [0.29, 0.717) is 16.1 Å². The lowest BCUT2D eigenvalue weighted by molar-refractivity contribution is 0.0792. The van der Waals surface area contributed by atoms with Gasteiger partial charge in [-0.1, -0.05) is 42.4 Å². The molecular formula is C20H25ClN4OS. The van der Waals surface area contributed by atoms with Crippen molar-refractivity contribution in [3.05, 3.63) is 46.6 Å². The SMILES string of the molecule is CCCN(C)c1cc(Cl)nc(SCc2cccc(C(=O)N3CCCC3)c2)n1. The smallest absolute Gasteiger partial charge is 0.253 e. The Kier molecular flexibility index (Phi) is 6.96. The fourth-order valence-electron chi connectivity index (χ4n) is 3.14. The summed E-state index contributed by atoms with van der Waals surface area (Å²) in [5, 5.41) is 1.10. The van der Waals surface area contributed by atoms with Crippen molar-refractivity contribution in [3.8, 4) is 0 Å². The summed E-state index contributed by atoms with van der Waals surface area (Å²) in [4.78, 5) is 25.5. The zero-order valence-electron chi connectivity index (χ0n) is 15.8. The van der Waals surface area contributed by atoms with E-state index < -0.39 is 0 Å². The maximum Gasteiger partial charge on any atom is 0.253 e. The summed E-state index contributed by atoms with van der Waals surface area (Å²) in [7, 11) is 2.00. The van der Waals surface area contributed by atoms with Gasteiger partial charge in [0, 0.05) is 44.1 Å². The van der Waals surface area contributed by atoms with Crippen molar-refractivity contribution in [3.63, 3.8) is 0 Å². The molecule has 1 aliphatic heterocycles. The maximum absolute atomic E-state index is 12.6. The van der Waals surface area contributed by atoms with E-state index in [1.165, 1.54) is 11.8 Å². The third-order valence-corrected chi connectivity index (χ3v) is 5.66. The minimum atomic E-state index is 0.127. The van der Waals surface area contributed by atoms with Gasteiger partial charge in [-0.3, -0.25) is 4.79 Å². The van der Waals surface area contributed by atoms with E-state index in [0.717, 1.165) is 55.8 Å². The van der Waals surface area contributed by atoms with Gasteiger partial charge >= 0.3 is 0 Å². The number of aromatic nitrogens is 2. The van der Waals surface area contributed by atoms with Crippen molar-refractivity contribution < 1.29 is 4.79 Å². The summed E-state index contributed by atoms with van der Waals surface area (Å²) in [6, 6.07) is 9.63. The Morgan fingerprint density at radius 1 is 1.26 bits per heavy atom. The molecule has 1 fully saturated rings. The molecule has 0 spiro atoms. The van der Waals surface area contributed by atoms with E-state index in [2.05, 4.69) is 21.8 Å². The second-order valence-corrected chi connectivity index (χ2v) is 8.07. The second kappa shape index (κ2) is 9.42. The standard InChI is InChI=1S/C20H25ClN4OS/c1-3-9-24(2)18-13-17(21)22-20(23-18)27-14-15-7-6-8-16(12-15)19(26)25-10-4-5-11-25/h6-8,12-13H,3-5,9-11,14H2,1-2H3. The molecule has 2 heterocycles. The van der Waals surface area contributed by atoms with E-state index in [1.54, 1.807) is 6.07 Å². The summed E-state index contributed by atoms with van der Waals surface area (Å²) in [5.41, 5.74) is 1.84. The Morgan fingerprint density at radius 2 is 2.04 bits per heavy atom. The average molecular weight is 405 g/mol. The first kappa shape index (κ1) is 20.0. The number of carbonyl (C=O) groups excluding carboxylic acids is 1. The van der Waals surface area contributed by atoms with Gasteiger partial charge in [0.2, 0.25) is 0 Å². The molecule has 144 valence electrons. The number of amides is 1. The monoisotopic (exact) mass is 404 g/mol. The number of nitrogens with zero attached hydrogens (tertiary/aromatic N) is 4. The molecule has 27 heavy (non-hydrogen) atoms. The van der Waals surface area contributed by atoms with Gasteiger partial charge in [0.1, 0.15) is 11.0 Å². The van der Waals surface area contributed by atoms with Crippen LogP contribution in [0.5, 0.6) is 0 Å². The molecular weight excluding hydrogens is 380 g/mol. The Hall–Kier alpha value is -1.79. The van der Waals surface area contributed by atoms with Crippen LogP contribution in [0.2, 0.25) is 5.15 Å².